The standard InChI is InChI=1S/C21H24N2O5S/c1-29(27,28)19-13-17(12-18(14-19)23(25)26)21(24)22-20-10-6-5-9-16(20)11-15-7-3-2-4-8-15/h2-4,7-8,12-14,16,20H,5-6,9-11H2,1H3,(H,22,24). The summed E-state index contributed by atoms with van der Waals surface area (Å²) in [6, 6.07) is 13.3. The predicted octanol–water partition coefficient (Wildman–Crippen LogP) is 3.53. The van der Waals surface area contributed by atoms with Crippen LogP contribution in [0, 0.1) is 16.0 Å². The Morgan fingerprint density at radius 2 is 1.83 bits per heavy atom. The van der Waals surface area contributed by atoms with Crippen molar-refractivity contribution in [2.45, 2.75) is 43.0 Å². The lowest BCUT2D eigenvalue weighted by Gasteiger charge is -2.32. The van der Waals surface area contributed by atoms with E-state index in [0.717, 1.165) is 50.5 Å². The summed E-state index contributed by atoms with van der Waals surface area (Å²) in [7, 11) is -3.68. The molecule has 1 fully saturated rings. The summed E-state index contributed by atoms with van der Waals surface area (Å²) in [6.45, 7) is 0. The average Bonchev–Trinajstić information content (AvgIpc) is 2.69. The summed E-state index contributed by atoms with van der Waals surface area (Å²) in [4.78, 5) is 23.1. The molecule has 29 heavy (non-hydrogen) atoms. The number of carbonyl (C=O) groups is 1. The smallest absolute Gasteiger partial charge is 0.271 e. The van der Waals surface area contributed by atoms with Crippen LogP contribution in [0.5, 0.6) is 0 Å². The van der Waals surface area contributed by atoms with Crippen molar-refractivity contribution in [2.75, 3.05) is 6.26 Å². The predicted molar refractivity (Wildman–Crippen MR) is 110 cm³/mol. The highest BCUT2D eigenvalue weighted by atomic mass is 32.2. The fourth-order valence-corrected chi connectivity index (χ4v) is 4.52. The molecule has 0 aromatic heterocycles. The van der Waals surface area contributed by atoms with Gasteiger partial charge in [0.15, 0.2) is 9.84 Å². The zero-order valence-electron chi connectivity index (χ0n) is 16.2. The third-order valence-corrected chi connectivity index (χ3v) is 6.45. The van der Waals surface area contributed by atoms with Crippen LogP contribution in [-0.4, -0.2) is 31.5 Å². The molecule has 2 aromatic rings. The number of sulfone groups is 1. The molecule has 1 N–H and O–H groups in total. The number of nitrogens with zero attached hydrogens (tertiary/aromatic N) is 1. The number of non-ortho nitro benzene ring substituents is 1. The summed E-state index contributed by atoms with van der Waals surface area (Å²) in [5.74, 6) is -0.216. The first-order chi connectivity index (χ1) is 13.7. The zero-order valence-corrected chi connectivity index (χ0v) is 17.0. The van der Waals surface area contributed by atoms with Gasteiger partial charge in [0.25, 0.3) is 11.6 Å². The Hall–Kier alpha value is -2.74. The molecule has 2 atom stereocenters. The topological polar surface area (TPSA) is 106 Å². The number of benzene rings is 2. The van der Waals surface area contributed by atoms with Gasteiger partial charge in [0.2, 0.25) is 0 Å². The molecule has 0 saturated heterocycles. The van der Waals surface area contributed by atoms with Gasteiger partial charge in [0, 0.05) is 30.0 Å². The van der Waals surface area contributed by atoms with Gasteiger partial charge < -0.3 is 5.32 Å². The Morgan fingerprint density at radius 1 is 1.14 bits per heavy atom. The SMILES string of the molecule is CS(=O)(=O)c1cc(C(=O)NC2CCCCC2Cc2ccccc2)cc([N+](=O)[O-])c1. The molecule has 1 aliphatic rings. The highest BCUT2D eigenvalue weighted by Gasteiger charge is 2.28. The number of hydrogen-bond acceptors (Lipinski definition) is 5. The van der Waals surface area contributed by atoms with Crippen molar-refractivity contribution in [1.82, 2.24) is 5.32 Å². The summed E-state index contributed by atoms with van der Waals surface area (Å²) in [5.41, 5.74) is 0.777. The van der Waals surface area contributed by atoms with E-state index in [9.17, 15) is 23.3 Å². The largest absolute Gasteiger partial charge is 0.349 e. The Labute approximate surface area is 170 Å². The van der Waals surface area contributed by atoms with Gasteiger partial charge in [-0.1, -0.05) is 43.2 Å². The second-order valence-electron chi connectivity index (χ2n) is 7.56. The number of rotatable bonds is 6. The lowest BCUT2D eigenvalue weighted by molar-refractivity contribution is -0.385. The zero-order chi connectivity index (χ0) is 21.0. The number of hydrogen-bond donors (Lipinski definition) is 1. The van der Waals surface area contributed by atoms with Gasteiger partial charge >= 0.3 is 0 Å². The van der Waals surface area contributed by atoms with Crippen LogP contribution in [0.15, 0.2) is 53.4 Å². The highest BCUT2D eigenvalue weighted by Crippen LogP contribution is 2.28. The van der Waals surface area contributed by atoms with Crippen molar-refractivity contribution in [3.63, 3.8) is 0 Å². The molecule has 1 aliphatic carbocycles. The Morgan fingerprint density at radius 3 is 2.48 bits per heavy atom. The van der Waals surface area contributed by atoms with Crippen molar-refractivity contribution < 1.29 is 18.1 Å². The van der Waals surface area contributed by atoms with Crippen LogP contribution in [-0.2, 0) is 16.3 Å². The molecule has 154 valence electrons. The second kappa shape index (κ2) is 8.73. The van der Waals surface area contributed by atoms with Gasteiger partial charge in [-0.2, -0.15) is 0 Å². The number of nitrogens with one attached hydrogen (secondary N) is 1. The molecular formula is C21H24N2O5S. The average molecular weight is 416 g/mol. The lowest BCUT2D eigenvalue weighted by Crippen LogP contribution is -2.43. The minimum absolute atomic E-state index is 0.0105. The summed E-state index contributed by atoms with van der Waals surface area (Å²) < 4.78 is 23.7. The van der Waals surface area contributed by atoms with E-state index in [1.54, 1.807) is 0 Å². The fraction of sp³-hybridized carbons (Fsp3) is 0.381. The molecule has 0 bridgehead atoms. The summed E-state index contributed by atoms with van der Waals surface area (Å²) in [5, 5.41) is 14.2. The van der Waals surface area contributed by atoms with Gasteiger partial charge in [-0.15, -0.1) is 0 Å². The van der Waals surface area contributed by atoms with Gasteiger partial charge in [-0.25, -0.2) is 8.42 Å². The van der Waals surface area contributed by atoms with E-state index in [1.165, 1.54) is 11.6 Å². The van der Waals surface area contributed by atoms with E-state index in [0.29, 0.717) is 0 Å². The monoisotopic (exact) mass is 416 g/mol. The quantitative estimate of drug-likeness (QED) is 0.573. The third kappa shape index (κ3) is 5.41. The normalized spacial score (nSPS) is 19.5. The molecule has 2 unspecified atom stereocenters. The van der Waals surface area contributed by atoms with Gasteiger partial charge in [0.1, 0.15) is 0 Å². The van der Waals surface area contributed by atoms with Crippen LogP contribution in [0.1, 0.15) is 41.6 Å². The summed E-state index contributed by atoms with van der Waals surface area (Å²) in [6.07, 6.45) is 5.72. The van der Waals surface area contributed by atoms with Crippen LogP contribution in [0.3, 0.4) is 0 Å². The fourth-order valence-electron chi connectivity index (χ4n) is 3.84. The maximum atomic E-state index is 12.8. The molecule has 0 radical (unpaired) electrons. The molecule has 7 nitrogen and oxygen atoms in total. The van der Waals surface area contributed by atoms with Crippen LogP contribution < -0.4 is 5.32 Å². The van der Waals surface area contributed by atoms with E-state index < -0.39 is 26.4 Å². The van der Waals surface area contributed by atoms with Crippen molar-refractivity contribution in [1.29, 1.82) is 0 Å². The van der Waals surface area contributed by atoms with E-state index in [-0.39, 0.29) is 22.4 Å². The molecule has 2 aromatic carbocycles. The maximum absolute atomic E-state index is 12.8. The molecule has 0 aliphatic heterocycles. The molecular weight excluding hydrogens is 392 g/mol. The van der Waals surface area contributed by atoms with E-state index in [2.05, 4.69) is 17.4 Å². The van der Waals surface area contributed by atoms with Gasteiger partial charge in [0.05, 0.1) is 9.82 Å². The Bertz CT molecular complexity index is 1000. The first-order valence-corrected chi connectivity index (χ1v) is 11.5. The van der Waals surface area contributed by atoms with E-state index in [4.69, 9.17) is 0 Å². The first-order valence-electron chi connectivity index (χ1n) is 9.58. The van der Waals surface area contributed by atoms with E-state index >= 15 is 0 Å². The van der Waals surface area contributed by atoms with Crippen LogP contribution >= 0.6 is 0 Å². The minimum Gasteiger partial charge on any atom is -0.349 e. The molecule has 0 heterocycles. The minimum atomic E-state index is -3.68. The first kappa shape index (κ1) is 21.0. The second-order valence-corrected chi connectivity index (χ2v) is 9.57. The molecule has 8 heteroatoms. The number of nitro groups is 1. The number of amides is 1. The van der Waals surface area contributed by atoms with E-state index in [1.807, 2.05) is 18.2 Å². The molecule has 1 amide bonds. The van der Waals surface area contributed by atoms with Crippen LogP contribution in [0.25, 0.3) is 0 Å². The van der Waals surface area contributed by atoms with Crippen LogP contribution in [0.4, 0.5) is 5.69 Å². The molecule has 1 saturated carbocycles. The third-order valence-electron chi connectivity index (χ3n) is 5.36. The number of carbonyl (C=O) groups excluding carboxylic acids is 1. The lowest BCUT2D eigenvalue weighted by atomic mass is 9.80. The molecule has 3 rings (SSSR count). The number of nitro benzene ring substituents is 1. The summed E-state index contributed by atoms with van der Waals surface area (Å²) >= 11 is 0. The highest BCUT2D eigenvalue weighted by molar-refractivity contribution is 7.90. The van der Waals surface area contributed by atoms with Gasteiger partial charge in [-0.3, -0.25) is 14.9 Å². The van der Waals surface area contributed by atoms with Crippen molar-refractivity contribution in [3.8, 4) is 0 Å². The Kier molecular flexibility index (Phi) is 6.32. The van der Waals surface area contributed by atoms with Crippen molar-refractivity contribution in [2.24, 2.45) is 5.92 Å². The van der Waals surface area contributed by atoms with Crippen molar-refractivity contribution in [3.05, 3.63) is 69.8 Å². The van der Waals surface area contributed by atoms with Crippen molar-refractivity contribution >= 4 is 21.4 Å². The maximum Gasteiger partial charge on any atom is 0.271 e. The van der Waals surface area contributed by atoms with Crippen LogP contribution in [0.2, 0.25) is 0 Å². The Balaban J connectivity index is 1.82. The van der Waals surface area contributed by atoms with Gasteiger partial charge in [-0.05, 0) is 36.8 Å². The molecule has 0 spiro atoms.